The maximum absolute atomic E-state index is 9.37. The van der Waals surface area contributed by atoms with E-state index in [0.29, 0.717) is 6.04 Å². The SMILES string of the molecule is Cc1nc2c(s1)Nc1ccccc1N=C2N1CCN(C)C(CCO)C1.Cl.Cl. The van der Waals surface area contributed by atoms with Crippen LogP contribution in [0.4, 0.5) is 16.4 Å². The molecule has 27 heavy (non-hydrogen) atoms. The molecule has 0 amide bonds. The van der Waals surface area contributed by atoms with Crippen molar-refractivity contribution in [2.75, 3.05) is 38.6 Å². The number of nitrogens with one attached hydrogen (secondary N) is 1. The van der Waals surface area contributed by atoms with Crippen molar-refractivity contribution in [1.82, 2.24) is 14.8 Å². The molecule has 0 aliphatic carbocycles. The van der Waals surface area contributed by atoms with E-state index < -0.39 is 0 Å². The molecule has 4 rings (SSSR count). The summed E-state index contributed by atoms with van der Waals surface area (Å²) in [6, 6.07) is 8.45. The van der Waals surface area contributed by atoms with Gasteiger partial charge in [-0.25, -0.2) is 9.98 Å². The highest BCUT2D eigenvalue weighted by atomic mass is 35.5. The Morgan fingerprint density at radius 3 is 2.81 bits per heavy atom. The van der Waals surface area contributed by atoms with Crippen LogP contribution in [0.2, 0.25) is 0 Å². The first kappa shape index (κ1) is 21.9. The van der Waals surface area contributed by atoms with Crippen molar-refractivity contribution in [1.29, 1.82) is 0 Å². The molecule has 2 N–H and O–H groups in total. The van der Waals surface area contributed by atoms with Crippen LogP contribution in [0.15, 0.2) is 29.3 Å². The molecule has 2 aliphatic rings. The fraction of sp³-hybridized carbons (Fsp3) is 0.444. The molecule has 2 aliphatic heterocycles. The molecule has 0 saturated carbocycles. The Morgan fingerprint density at radius 1 is 1.26 bits per heavy atom. The van der Waals surface area contributed by atoms with E-state index in [9.17, 15) is 5.11 Å². The number of hydrogen-bond acceptors (Lipinski definition) is 7. The van der Waals surface area contributed by atoms with E-state index in [2.05, 4.69) is 28.2 Å². The number of para-hydroxylation sites is 2. The number of amidine groups is 1. The van der Waals surface area contributed by atoms with Gasteiger partial charge in [-0.05, 0) is 32.5 Å². The Hall–Kier alpha value is -1.38. The minimum Gasteiger partial charge on any atom is -0.396 e. The number of nitrogens with zero attached hydrogens (tertiary/aromatic N) is 4. The normalized spacial score (nSPS) is 18.9. The zero-order chi connectivity index (χ0) is 17.4. The number of aliphatic imine (C=N–C) groups is 1. The van der Waals surface area contributed by atoms with E-state index in [1.54, 1.807) is 11.3 Å². The predicted molar refractivity (Wildman–Crippen MR) is 117 cm³/mol. The highest BCUT2D eigenvalue weighted by Crippen LogP contribution is 2.37. The van der Waals surface area contributed by atoms with Crippen LogP contribution in [-0.4, -0.2) is 65.1 Å². The van der Waals surface area contributed by atoms with Crippen molar-refractivity contribution in [3.05, 3.63) is 35.0 Å². The van der Waals surface area contributed by atoms with Gasteiger partial charge in [-0.1, -0.05) is 12.1 Å². The third kappa shape index (κ3) is 4.38. The van der Waals surface area contributed by atoms with E-state index >= 15 is 0 Å². The molecule has 1 unspecified atom stereocenters. The number of hydrogen-bond donors (Lipinski definition) is 2. The summed E-state index contributed by atoms with van der Waals surface area (Å²) >= 11 is 1.67. The molecule has 1 atom stereocenters. The van der Waals surface area contributed by atoms with Crippen molar-refractivity contribution in [2.45, 2.75) is 19.4 Å². The maximum atomic E-state index is 9.37. The lowest BCUT2D eigenvalue weighted by molar-refractivity contribution is 0.115. The standard InChI is InChI=1S/C18H23N5OS.2ClH/c1-12-19-16-17(23-9-8-22(2)13(11-23)7-10-24)20-14-5-3-4-6-15(14)21-18(16)25-12;;/h3-6,13,21,24H,7-11H2,1-2H3;2*1H. The Labute approximate surface area is 176 Å². The number of halogens is 2. The van der Waals surface area contributed by atoms with Crippen molar-refractivity contribution in [3.63, 3.8) is 0 Å². The summed E-state index contributed by atoms with van der Waals surface area (Å²) in [6.45, 7) is 4.96. The predicted octanol–water partition coefficient (Wildman–Crippen LogP) is 3.43. The molecular formula is C18H25Cl2N5OS. The maximum Gasteiger partial charge on any atom is 0.158 e. The van der Waals surface area contributed by atoms with Gasteiger partial charge in [0.15, 0.2) is 5.84 Å². The Kier molecular flexibility index (Phi) is 7.47. The van der Waals surface area contributed by atoms with Crippen LogP contribution in [0.1, 0.15) is 17.1 Å². The lowest BCUT2D eigenvalue weighted by atomic mass is 10.1. The first-order valence-electron chi connectivity index (χ1n) is 8.64. The van der Waals surface area contributed by atoms with E-state index in [0.717, 1.165) is 59.0 Å². The van der Waals surface area contributed by atoms with Crippen LogP contribution in [-0.2, 0) is 0 Å². The second kappa shape index (κ2) is 9.21. The number of aryl methyl sites for hydroxylation is 1. The fourth-order valence-corrected chi connectivity index (χ4v) is 4.28. The monoisotopic (exact) mass is 429 g/mol. The van der Waals surface area contributed by atoms with Gasteiger partial charge in [-0.15, -0.1) is 36.2 Å². The molecule has 1 saturated heterocycles. The van der Waals surface area contributed by atoms with Crippen molar-refractivity contribution in [3.8, 4) is 0 Å². The van der Waals surface area contributed by atoms with E-state index in [4.69, 9.17) is 9.98 Å². The van der Waals surface area contributed by atoms with E-state index in [-0.39, 0.29) is 31.4 Å². The van der Waals surface area contributed by atoms with Crippen molar-refractivity contribution >= 4 is 58.4 Å². The van der Waals surface area contributed by atoms with Gasteiger partial charge < -0.3 is 15.3 Å². The molecule has 1 aromatic carbocycles. The number of thiazole rings is 1. The second-order valence-electron chi connectivity index (χ2n) is 6.58. The molecule has 1 aromatic heterocycles. The molecule has 0 radical (unpaired) electrons. The molecule has 0 spiro atoms. The number of benzene rings is 1. The largest absolute Gasteiger partial charge is 0.396 e. The van der Waals surface area contributed by atoms with Crippen LogP contribution in [0, 0.1) is 6.92 Å². The average molecular weight is 430 g/mol. The summed E-state index contributed by atoms with van der Waals surface area (Å²) in [5.74, 6) is 0.938. The number of rotatable bonds is 2. The number of anilines is 2. The highest BCUT2D eigenvalue weighted by molar-refractivity contribution is 7.16. The van der Waals surface area contributed by atoms with Crippen LogP contribution in [0.3, 0.4) is 0 Å². The minimum atomic E-state index is 0. The average Bonchev–Trinajstić information content (AvgIpc) is 2.89. The summed E-state index contributed by atoms with van der Waals surface area (Å²) in [4.78, 5) is 14.4. The molecule has 9 heteroatoms. The Bertz CT molecular complexity index is 813. The Balaban J connectivity index is 0.00000131. The fourth-order valence-electron chi connectivity index (χ4n) is 3.45. The van der Waals surface area contributed by atoms with Crippen LogP contribution in [0.25, 0.3) is 0 Å². The highest BCUT2D eigenvalue weighted by Gasteiger charge is 2.30. The van der Waals surface area contributed by atoms with Gasteiger partial charge in [0.1, 0.15) is 10.7 Å². The summed E-state index contributed by atoms with van der Waals surface area (Å²) in [5.41, 5.74) is 2.90. The topological polar surface area (TPSA) is 64.0 Å². The van der Waals surface area contributed by atoms with E-state index in [1.807, 2.05) is 25.1 Å². The van der Waals surface area contributed by atoms with Gasteiger partial charge in [0.25, 0.3) is 0 Å². The quantitative estimate of drug-likeness (QED) is 0.765. The summed E-state index contributed by atoms with van der Waals surface area (Å²) in [7, 11) is 2.13. The lowest BCUT2D eigenvalue weighted by Crippen LogP contribution is -2.53. The number of piperazine rings is 1. The van der Waals surface area contributed by atoms with Gasteiger partial charge in [0, 0.05) is 32.3 Å². The van der Waals surface area contributed by atoms with Gasteiger partial charge in [0.05, 0.1) is 16.4 Å². The van der Waals surface area contributed by atoms with Crippen LogP contribution < -0.4 is 5.32 Å². The Morgan fingerprint density at radius 2 is 2.04 bits per heavy atom. The molecular weight excluding hydrogens is 405 g/mol. The zero-order valence-electron chi connectivity index (χ0n) is 15.4. The number of aliphatic hydroxyl groups excluding tert-OH is 1. The number of aliphatic hydroxyl groups is 1. The van der Waals surface area contributed by atoms with Crippen LogP contribution >= 0.6 is 36.2 Å². The molecule has 3 heterocycles. The van der Waals surface area contributed by atoms with Gasteiger partial charge in [-0.3, -0.25) is 4.90 Å². The summed E-state index contributed by atoms with van der Waals surface area (Å²) in [5, 5.41) is 15.0. The van der Waals surface area contributed by atoms with Crippen molar-refractivity contribution in [2.24, 2.45) is 4.99 Å². The van der Waals surface area contributed by atoms with Gasteiger partial charge in [-0.2, -0.15) is 0 Å². The number of aromatic nitrogens is 1. The lowest BCUT2D eigenvalue weighted by Gasteiger charge is -2.40. The third-order valence-electron chi connectivity index (χ3n) is 4.86. The minimum absolute atomic E-state index is 0. The molecule has 6 nitrogen and oxygen atoms in total. The van der Waals surface area contributed by atoms with E-state index in [1.165, 1.54) is 0 Å². The molecule has 0 bridgehead atoms. The van der Waals surface area contributed by atoms with Crippen molar-refractivity contribution < 1.29 is 5.11 Å². The second-order valence-corrected chi connectivity index (χ2v) is 7.78. The molecule has 2 aromatic rings. The summed E-state index contributed by atoms with van der Waals surface area (Å²) < 4.78 is 0. The molecule has 148 valence electrons. The van der Waals surface area contributed by atoms with Crippen LogP contribution in [0.5, 0.6) is 0 Å². The first-order chi connectivity index (χ1) is 12.2. The third-order valence-corrected chi connectivity index (χ3v) is 5.75. The smallest absolute Gasteiger partial charge is 0.158 e. The summed E-state index contributed by atoms with van der Waals surface area (Å²) in [6.07, 6.45) is 0.776. The first-order valence-corrected chi connectivity index (χ1v) is 9.46. The zero-order valence-corrected chi connectivity index (χ0v) is 17.8. The number of likely N-dealkylation sites (N-methyl/N-ethyl adjacent to an activating group) is 1. The number of fused-ring (bicyclic) bond motifs is 2. The van der Waals surface area contributed by atoms with Gasteiger partial charge in [0.2, 0.25) is 0 Å². The molecule has 1 fully saturated rings. The van der Waals surface area contributed by atoms with Gasteiger partial charge >= 0.3 is 0 Å².